The number of halogens is 1. The first kappa shape index (κ1) is 22.0. The third kappa shape index (κ3) is 5.69. The van der Waals surface area contributed by atoms with Crippen molar-refractivity contribution >= 4 is 33.2 Å². The maximum Gasteiger partial charge on any atom is 0.240 e. The van der Waals surface area contributed by atoms with Gasteiger partial charge in [0.15, 0.2) is 0 Å². The molecule has 0 spiro atoms. The second kappa shape index (κ2) is 9.89. The van der Waals surface area contributed by atoms with Gasteiger partial charge in [-0.1, -0.05) is 72.3 Å². The third-order valence-electron chi connectivity index (χ3n) is 4.69. The largest absolute Gasteiger partial charge is 0.325 e. The Kier molecular flexibility index (Phi) is 7.26. The molecule has 0 atom stereocenters. The van der Waals surface area contributed by atoms with Gasteiger partial charge in [-0.2, -0.15) is 0 Å². The Morgan fingerprint density at radius 1 is 0.933 bits per heavy atom. The van der Waals surface area contributed by atoms with Crippen LogP contribution in [0.1, 0.15) is 30.4 Å². The lowest BCUT2D eigenvalue weighted by molar-refractivity contribution is -0.114. The highest BCUT2D eigenvalue weighted by Gasteiger charge is 2.18. The fourth-order valence-corrected chi connectivity index (χ4v) is 4.64. The van der Waals surface area contributed by atoms with Gasteiger partial charge in [0.05, 0.1) is 15.6 Å². The van der Waals surface area contributed by atoms with E-state index in [-0.39, 0.29) is 28.3 Å². The van der Waals surface area contributed by atoms with Crippen molar-refractivity contribution in [2.45, 2.75) is 24.2 Å². The lowest BCUT2D eigenvalue weighted by atomic mass is 9.89. The van der Waals surface area contributed by atoms with Crippen molar-refractivity contribution in [2.75, 3.05) is 11.9 Å². The Balaban J connectivity index is 1.73. The molecule has 0 aromatic heterocycles. The van der Waals surface area contributed by atoms with Gasteiger partial charge < -0.3 is 5.32 Å². The molecule has 0 saturated heterocycles. The zero-order chi connectivity index (χ0) is 21.6. The molecule has 30 heavy (non-hydrogen) atoms. The first-order valence-corrected chi connectivity index (χ1v) is 11.4. The topological polar surface area (TPSA) is 75.3 Å². The first-order valence-electron chi connectivity index (χ1n) is 9.53. The summed E-state index contributed by atoms with van der Waals surface area (Å²) in [5.41, 5.74) is 2.63. The molecule has 0 fully saturated rings. The molecule has 7 heteroatoms. The monoisotopic (exact) mass is 442 g/mol. The van der Waals surface area contributed by atoms with Crippen LogP contribution in [-0.2, 0) is 14.8 Å². The fraction of sp³-hybridized carbons (Fsp3) is 0.174. The molecule has 3 aromatic rings. The smallest absolute Gasteiger partial charge is 0.240 e. The number of nitrogens with one attached hydrogen (secondary N) is 2. The molecule has 156 valence electrons. The molecule has 0 unspecified atom stereocenters. The highest BCUT2D eigenvalue weighted by Crippen LogP contribution is 2.28. The van der Waals surface area contributed by atoms with Gasteiger partial charge in [0.2, 0.25) is 15.9 Å². The number of hydrogen-bond donors (Lipinski definition) is 2. The van der Waals surface area contributed by atoms with Crippen LogP contribution in [0, 0.1) is 0 Å². The maximum absolute atomic E-state index is 12.7. The molecule has 1 amide bonds. The van der Waals surface area contributed by atoms with Gasteiger partial charge in [0, 0.05) is 19.4 Å². The van der Waals surface area contributed by atoms with Crippen molar-refractivity contribution in [2.24, 2.45) is 0 Å². The Bertz CT molecular complexity index is 1060. The quantitative estimate of drug-likeness (QED) is 0.526. The van der Waals surface area contributed by atoms with Crippen molar-refractivity contribution in [1.82, 2.24) is 4.72 Å². The summed E-state index contributed by atoms with van der Waals surface area (Å²) in [7, 11) is -3.74. The molecule has 0 heterocycles. The number of carbonyl (C=O) groups is 1. The highest BCUT2D eigenvalue weighted by molar-refractivity contribution is 7.89. The number of amides is 1. The lowest BCUT2D eigenvalue weighted by Crippen LogP contribution is -2.26. The molecule has 0 aliphatic rings. The summed E-state index contributed by atoms with van der Waals surface area (Å²) in [4.78, 5) is 11.2. The van der Waals surface area contributed by atoms with Crippen LogP contribution in [0.3, 0.4) is 0 Å². The van der Waals surface area contributed by atoms with E-state index in [0.717, 1.165) is 11.1 Å². The van der Waals surface area contributed by atoms with Gasteiger partial charge in [0.25, 0.3) is 0 Å². The average molecular weight is 443 g/mol. The van der Waals surface area contributed by atoms with Crippen LogP contribution in [0.25, 0.3) is 0 Å². The van der Waals surface area contributed by atoms with Crippen LogP contribution in [0.4, 0.5) is 5.69 Å². The SMILES string of the molecule is CC(=O)Nc1ccc(S(=O)(=O)NCCC(c2ccccc2)c2ccccc2)cc1Cl. The Morgan fingerprint density at radius 3 is 2.00 bits per heavy atom. The predicted octanol–water partition coefficient (Wildman–Crippen LogP) is 4.80. The molecule has 0 bridgehead atoms. The van der Waals surface area contributed by atoms with Crippen LogP contribution in [0.5, 0.6) is 0 Å². The van der Waals surface area contributed by atoms with E-state index >= 15 is 0 Å². The molecule has 0 aliphatic heterocycles. The molecule has 0 aliphatic carbocycles. The van der Waals surface area contributed by atoms with Crippen LogP contribution in [0.15, 0.2) is 83.8 Å². The highest BCUT2D eigenvalue weighted by atomic mass is 35.5. The molecule has 3 aromatic carbocycles. The molecule has 5 nitrogen and oxygen atoms in total. The van der Waals surface area contributed by atoms with E-state index in [1.54, 1.807) is 0 Å². The number of rotatable bonds is 8. The summed E-state index contributed by atoms with van der Waals surface area (Å²) in [6.07, 6.45) is 0.602. The minimum absolute atomic E-state index is 0.0533. The molecular formula is C23H23ClN2O3S. The normalized spacial score (nSPS) is 11.4. The Morgan fingerprint density at radius 2 is 1.50 bits per heavy atom. The molecule has 3 rings (SSSR count). The number of hydrogen-bond acceptors (Lipinski definition) is 3. The van der Waals surface area contributed by atoms with E-state index in [9.17, 15) is 13.2 Å². The number of benzene rings is 3. The maximum atomic E-state index is 12.7. The fourth-order valence-electron chi connectivity index (χ4n) is 3.27. The summed E-state index contributed by atoms with van der Waals surface area (Å²) in [6, 6.07) is 24.3. The predicted molar refractivity (Wildman–Crippen MR) is 120 cm³/mol. The lowest BCUT2D eigenvalue weighted by Gasteiger charge is -2.18. The van der Waals surface area contributed by atoms with Gasteiger partial charge >= 0.3 is 0 Å². The standard InChI is InChI=1S/C23H23ClN2O3S/c1-17(27)26-23-13-12-20(16-22(23)24)30(28,29)25-15-14-21(18-8-4-2-5-9-18)19-10-6-3-7-11-19/h2-13,16,21,25H,14-15H2,1H3,(H,26,27). The zero-order valence-corrected chi connectivity index (χ0v) is 18.1. The number of carbonyl (C=O) groups excluding carboxylic acids is 1. The van der Waals surface area contributed by atoms with Gasteiger partial charge in [-0.05, 0) is 35.7 Å². The zero-order valence-electron chi connectivity index (χ0n) is 16.5. The molecular weight excluding hydrogens is 420 g/mol. The van der Waals surface area contributed by atoms with Crippen molar-refractivity contribution in [3.05, 3.63) is 95.0 Å². The molecule has 2 N–H and O–H groups in total. The van der Waals surface area contributed by atoms with Crippen LogP contribution in [-0.4, -0.2) is 20.9 Å². The van der Waals surface area contributed by atoms with Crippen molar-refractivity contribution in [1.29, 1.82) is 0 Å². The number of sulfonamides is 1. The summed E-state index contributed by atoms with van der Waals surface area (Å²) in [6.45, 7) is 1.63. The average Bonchev–Trinajstić information content (AvgIpc) is 2.73. The van der Waals surface area contributed by atoms with Crippen LogP contribution >= 0.6 is 11.6 Å². The Labute approximate surface area is 182 Å². The minimum Gasteiger partial charge on any atom is -0.325 e. The van der Waals surface area contributed by atoms with Crippen molar-refractivity contribution in [3.8, 4) is 0 Å². The summed E-state index contributed by atoms with van der Waals surface area (Å²) < 4.78 is 28.1. The van der Waals surface area contributed by atoms with Gasteiger partial charge in [-0.3, -0.25) is 4.79 Å². The minimum atomic E-state index is -3.74. The molecule has 0 radical (unpaired) electrons. The van der Waals surface area contributed by atoms with E-state index in [2.05, 4.69) is 10.0 Å². The van der Waals surface area contributed by atoms with Crippen molar-refractivity contribution in [3.63, 3.8) is 0 Å². The van der Waals surface area contributed by atoms with Gasteiger partial charge in [-0.15, -0.1) is 0 Å². The molecule has 0 saturated carbocycles. The van der Waals surface area contributed by atoms with E-state index in [0.29, 0.717) is 12.1 Å². The van der Waals surface area contributed by atoms with Crippen LogP contribution in [0.2, 0.25) is 5.02 Å². The Hall–Kier alpha value is -2.67. The van der Waals surface area contributed by atoms with Crippen molar-refractivity contribution < 1.29 is 13.2 Å². The van der Waals surface area contributed by atoms with Gasteiger partial charge in [0.1, 0.15) is 0 Å². The van der Waals surface area contributed by atoms with Crippen LogP contribution < -0.4 is 10.0 Å². The number of anilines is 1. The van der Waals surface area contributed by atoms with E-state index in [1.165, 1.54) is 25.1 Å². The third-order valence-corrected chi connectivity index (χ3v) is 6.46. The van der Waals surface area contributed by atoms with E-state index in [4.69, 9.17) is 11.6 Å². The second-order valence-electron chi connectivity index (χ2n) is 6.88. The summed E-state index contributed by atoms with van der Waals surface area (Å²) in [5.74, 6) is -0.209. The van der Waals surface area contributed by atoms with E-state index < -0.39 is 10.0 Å². The summed E-state index contributed by atoms with van der Waals surface area (Å²) >= 11 is 6.12. The first-order chi connectivity index (χ1) is 14.4. The second-order valence-corrected chi connectivity index (χ2v) is 9.06. The van der Waals surface area contributed by atoms with Gasteiger partial charge in [-0.25, -0.2) is 13.1 Å². The summed E-state index contributed by atoms with van der Waals surface area (Å²) in [5, 5.41) is 2.73. The van der Waals surface area contributed by atoms with E-state index in [1.807, 2.05) is 60.7 Å².